The number of halogens is 1. The van der Waals surface area contributed by atoms with Crippen molar-refractivity contribution in [2.45, 2.75) is 6.54 Å². The van der Waals surface area contributed by atoms with Gasteiger partial charge >= 0.3 is 0 Å². The van der Waals surface area contributed by atoms with Crippen LogP contribution >= 0.6 is 0 Å². The lowest BCUT2D eigenvalue weighted by Crippen LogP contribution is -2.28. The van der Waals surface area contributed by atoms with Gasteiger partial charge in [-0.15, -0.1) is 0 Å². The Balaban J connectivity index is 1.91. The standard InChI is InChI=1S/C17H16FN5O2/c1-22-10-11-8-12(18)2-3-14(11)25-7-5-19-17(24)13-9-20-23-6-4-15(22)21-16(13)23/h2-4,6,8-9H,5,7,10H2,1H3,(H,19,24)/i5D2,7D2. The highest BCUT2D eigenvalue weighted by atomic mass is 19.1. The van der Waals surface area contributed by atoms with Crippen LogP contribution in [0.3, 0.4) is 0 Å². The summed E-state index contributed by atoms with van der Waals surface area (Å²) in [6.45, 7) is -5.78. The lowest BCUT2D eigenvalue weighted by Gasteiger charge is -2.20. The summed E-state index contributed by atoms with van der Waals surface area (Å²) in [7, 11) is 1.69. The highest BCUT2D eigenvalue weighted by Crippen LogP contribution is 2.24. The summed E-state index contributed by atoms with van der Waals surface area (Å²) in [5.74, 6) is -1.05. The molecule has 1 N–H and O–H groups in total. The molecule has 0 unspecified atom stereocenters. The Morgan fingerprint density at radius 2 is 2.28 bits per heavy atom. The molecule has 2 bridgehead atoms. The fraction of sp³-hybridized carbons (Fsp3) is 0.235. The Hall–Kier alpha value is -3.16. The molecule has 4 rings (SSSR count). The number of ether oxygens (including phenoxy) is 1. The largest absolute Gasteiger partial charge is 0.491 e. The zero-order valence-corrected chi connectivity index (χ0v) is 13.2. The van der Waals surface area contributed by atoms with E-state index in [-0.39, 0.29) is 29.1 Å². The molecule has 0 saturated heterocycles. The topological polar surface area (TPSA) is 71.8 Å². The van der Waals surface area contributed by atoms with Gasteiger partial charge in [0.1, 0.15) is 29.5 Å². The van der Waals surface area contributed by atoms with Crippen molar-refractivity contribution in [1.82, 2.24) is 19.9 Å². The number of amides is 1. The first-order chi connectivity index (χ1) is 13.6. The summed E-state index contributed by atoms with van der Waals surface area (Å²) in [5, 5.41) is 6.02. The van der Waals surface area contributed by atoms with Gasteiger partial charge in [-0.25, -0.2) is 13.9 Å². The Morgan fingerprint density at radius 3 is 3.16 bits per heavy atom. The maximum absolute atomic E-state index is 13.8. The molecule has 1 aliphatic rings. The maximum Gasteiger partial charge on any atom is 0.256 e. The first-order valence-corrected chi connectivity index (χ1v) is 7.43. The quantitative estimate of drug-likeness (QED) is 0.670. The number of fused-ring (bicyclic) bond motifs is 2. The number of carbonyl (C=O) groups excluding carboxylic acids is 1. The van der Waals surface area contributed by atoms with Crippen molar-refractivity contribution in [3.63, 3.8) is 0 Å². The number of nitrogens with zero attached hydrogens (tertiary/aromatic N) is 4. The van der Waals surface area contributed by atoms with Gasteiger partial charge < -0.3 is 15.0 Å². The zero-order chi connectivity index (χ0) is 21.0. The van der Waals surface area contributed by atoms with Crippen LogP contribution in [-0.4, -0.2) is 40.6 Å². The first-order valence-electron chi connectivity index (χ1n) is 9.43. The Labute approximate surface area is 148 Å². The minimum atomic E-state index is -2.96. The molecule has 0 fully saturated rings. The lowest BCUT2D eigenvalue weighted by molar-refractivity contribution is 0.0948. The van der Waals surface area contributed by atoms with Gasteiger partial charge in [0, 0.05) is 25.4 Å². The van der Waals surface area contributed by atoms with E-state index in [1.165, 1.54) is 22.8 Å². The average molecular weight is 345 g/mol. The second-order valence-electron chi connectivity index (χ2n) is 5.50. The number of anilines is 1. The summed E-state index contributed by atoms with van der Waals surface area (Å²) in [6.07, 6.45) is 2.80. The van der Waals surface area contributed by atoms with Crippen LogP contribution in [0.5, 0.6) is 5.75 Å². The summed E-state index contributed by atoms with van der Waals surface area (Å²) < 4.78 is 52.7. The highest BCUT2D eigenvalue weighted by Gasteiger charge is 2.17. The number of rotatable bonds is 0. The molecule has 2 aromatic heterocycles. The SMILES string of the molecule is [2H]C1([2H])NC(=O)c2cnn3ccc(nc23)N(C)Cc2cc(F)ccc2OC1([2H])[2H]. The van der Waals surface area contributed by atoms with Crippen LogP contribution in [0.1, 0.15) is 21.4 Å². The third-order valence-electron chi connectivity index (χ3n) is 3.81. The molecule has 1 amide bonds. The molecule has 0 aliphatic carbocycles. The van der Waals surface area contributed by atoms with Crippen molar-refractivity contribution in [2.24, 2.45) is 0 Å². The van der Waals surface area contributed by atoms with Crippen molar-refractivity contribution < 1.29 is 19.4 Å². The van der Waals surface area contributed by atoms with Gasteiger partial charge in [-0.1, -0.05) is 0 Å². The summed E-state index contributed by atoms with van der Waals surface area (Å²) in [4.78, 5) is 18.7. The first kappa shape index (κ1) is 11.4. The van der Waals surface area contributed by atoms with E-state index in [4.69, 9.17) is 10.2 Å². The summed E-state index contributed by atoms with van der Waals surface area (Å²) in [5.41, 5.74) is 0.429. The maximum atomic E-state index is 13.8. The molecule has 0 spiro atoms. The van der Waals surface area contributed by atoms with E-state index in [9.17, 15) is 9.18 Å². The molecule has 3 heterocycles. The minimum absolute atomic E-state index is 0.0252. The molecule has 1 aromatic carbocycles. The monoisotopic (exact) mass is 345 g/mol. The molecular formula is C17H16FN5O2. The summed E-state index contributed by atoms with van der Waals surface area (Å²) >= 11 is 0. The molecular weight excluding hydrogens is 325 g/mol. The molecule has 7 nitrogen and oxygen atoms in total. The van der Waals surface area contributed by atoms with E-state index >= 15 is 0 Å². The van der Waals surface area contributed by atoms with E-state index < -0.39 is 24.8 Å². The van der Waals surface area contributed by atoms with Crippen LogP contribution in [0.25, 0.3) is 5.65 Å². The molecule has 0 saturated carbocycles. The van der Waals surface area contributed by atoms with Crippen molar-refractivity contribution >= 4 is 17.4 Å². The van der Waals surface area contributed by atoms with E-state index in [0.29, 0.717) is 5.82 Å². The van der Waals surface area contributed by atoms with Crippen LogP contribution in [0.4, 0.5) is 10.2 Å². The van der Waals surface area contributed by atoms with Crippen LogP contribution < -0.4 is 15.0 Å². The second-order valence-corrected chi connectivity index (χ2v) is 5.50. The fourth-order valence-corrected chi connectivity index (χ4v) is 2.57. The molecule has 128 valence electrons. The van der Waals surface area contributed by atoms with Gasteiger partial charge in [0.2, 0.25) is 0 Å². The van der Waals surface area contributed by atoms with Gasteiger partial charge in [0.15, 0.2) is 5.65 Å². The molecule has 1 aliphatic heterocycles. The van der Waals surface area contributed by atoms with Crippen LogP contribution in [0.15, 0.2) is 36.7 Å². The van der Waals surface area contributed by atoms with E-state index in [0.717, 1.165) is 6.07 Å². The lowest BCUT2D eigenvalue weighted by atomic mass is 10.2. The molecule has 8 heteroatoms. The normalized spacial score (nSPS) is 21.4. The van der Waals surface area contributed by atoms with Gasteiger partial charge in [-0.05, 0) is 24.3 Å². The highest BCUT2D eigenvalue weighted by molar-refractivity contribution is 5.99. The van der Waals surface area contributed by atoms with Gasteiger partial charge in [-0.3, -0.25) is 4.79 Å². The Bertz CT molecular complexity index is 1120. The number of benzene rings is 1. The molecule has 3 aromatic rings. The average Bonchev–Trinajstić information content (AvgIpc) is 3.06. The smallest absolute Gasteiger partial charge is 0.256 e. The van der Waals surface area contributed by atoms with E-state index in [1.807, 2.05) is 5.32 Å². The van der Waals surface area contributed by atoms with Gasteiger partial charge in [0.25, 0.3) is 5.91 Å². The third-order valence-corrected chi connectivity index (χ3v) is 3.81. The molecule has 0 radical (unpaired) electrons. The van der Waals surface area contributed by atoms with Crippen molar-refractivity contribution in [1.29, 1.82) is 0 Å². The predicted octanol–water partition coefficient (Wildman–Crippen LogP) is 1.63. The Kier molecular flexibility index (Phi) is 2.76. The van der Waals surface area contributed by atoms with Crippen molar-refractivity contribution in [2.75, 3.05) is 25.0 Å². The Morgan fingerprint density at radius 1 is 1.40 bits per heavy atom. The number of hydrogen-bond acceptors (Lipinski definition) is 5. The van der Waals surface area contributed by atoms with Gasteiger partial charge in [0.05, 0.1) is 18.2 Å². The van der Waals surface area contributed by atoms with Crippen LogP contribution in [-0.2, 0) is 6.54 Å². The fourth-order valence-electron chi connectivity index (χ4n) is 2.57. The van der Waals surface area contributed by atoms with Gasteiger partial charge in [-0.2, -0.15) is 5.10 Å². The number of hydrogen-bond donors (Lipinski definition) is 1. The molecule has 0 atom stereocenters. The van der Waals surface area contributed by atoms with Crippen molar-refractivity contribution in [3.8, 4) is 5.75 Å². The number of aromatic nitrogens is 3. The number of nitrogens with one attached hydrogen (secondary N) is 1. The third kappa shape index (κ3) is 2.86. The molecule has 25 heavy (non-hydrogen) atoms. The van der Waals surface area contributed by atoms with Crippen LogP contribution in [0, 0.1) is 5.82 Å². The van der Waals surface area contributed by atoms with Crippen LogP contribution in [0.2, 0.25) is 0 Å². The van der Waals surface area contributed by atoms with E-state index in [2.05, 4.69) is 10.1 Å². The van der Waals surface area contributed by atoms with Crippen molar-refractivity contribution in [3.05, 3.63) is 53.6 Å². The van der Waals surface area contributed by atoms with E-state index in [1.54, 1.807) is 24.2 Å². The second kappa shape index (κ2) is 6.04. The summed E-state index contributed by atoms with van der Waals surface area (Å²) in [6, 6.07) is 5.14. The number of carbonyl (C=O) groups is 1. The predicted molar refractivity (Wildman–Crippen MR) is 89.3 cm³/mol. The minimum Gasteiger partial charge on any atom is -0.491 e. The zero-order valence-electron chi connectivity index (χ0n) is 17.2.